The van der Waals surface area contributed by atoms with Crippen molar-refractivity contribution in [2.24, 2.45) is 0 Å². The fourth-order valence-corrected chi connectivity index (χ4v) is 1.94. The Morgan fingerprint density at radius 1 is 1.37 bits per heavy atom. The molecule has 100 valence electrons. The van der Waals surface area contributed by atoms with Gasteiger partial charge in [-0.3, -0.25) is 9.78 Å². The maximum absolute atomic E-state index is 11.7. The number of aryl methyl sites for hydroxylation is 1. The number of hydrogen-bond acceptors (Lipinski definition) is 5. The van der Waals surface area contributed by atoms with Crippen molar-refractivity contribution in [3.05, 3.63) is 45.6 Å². The minimum atomic E-state index is -0.249. The predicted molar refractivity (Wildman–Crippen MR) is 72.3 cm³/mol. The molecule has 6 nitrogen and oxygen atoms in total. The summed E-state index contributed by atoms with van der Waals surface area (Å²) < 4.78 is 6.66. The number of nitrogen functional groups attached to an aromatic ring is 1. The van der Waals surface area contributed by atoms with E-state index >= 15 is 0 Å². The van der Waals surface area contributed by atoms with E-state index in [0.717, 1.165) is 22.6 Å². The van der Waals surface area contributed by atoms with Crippen molar-refractivity contribution in [3.63, 3.8) is 0 Å². The molecule has 0 unspecified atom stereocenters. The molecule has 0 aliphatic heterocycles. The van der Waals surface area contributed by atoms with Gasteiger partial charge >= 0.3 is 0 Å². The normalized spacial score (nSPS) is 10.5. The maximum Gasteiger partial charge on any atom is 0.269 e. The van der Waals surface area contributed by atoms with E-state index in [9.17, 15) is 4.79 Å². The molecule has 0 amide bonds. The van der Waals surface area contributed by atoms with E-state index in [4.69, 9.17) is 10.5 Å². The molecule has 0 aromatic carbocycles. The molecule has 2 N–H and O–H groups in total. The number of pyridine rings is 1. The van der Waals surface area contributed by atoms with Gasteiger partial charge in [-0.1, -0.05) is 0 Å². The van der Waals surface area contributed by atoms with Gasteiger partial charge in [0, 0.05) is 23.4 Å². The second-order valence-electron chi connectivity index (χ2n) is 4.33. The number of methoxy groups -OCH3 is 1. The first kappa shape index (κ1) is 13.1. The lowest BCUT2D eigenvalue weighted by atomic mass is 10.1. The highest BCUT2D eigenvalue weighted by Gasteiger charge is 2.10. The number of aromatic nitrogens is 3. The number of rotatable bonds is 3. The number of hydrogen-bond donors (Lipinski definition) is 1. The molecular formula is C13H16N4O2. The summed E-state index contributed by atoms with van der Waals surface area (Å²) in [5.74, 6) is 0.786. The van der Waals surface area contributed by atoms with Crippen LogP contribution in [0.5, 0.6) is 5.75 Å². The van der Waals surface area contributed by atoms with Crippen LogP contribution in [0.1, 0.15) is 16.8 Å². The third-order valence-corrected chi connectivity index (χ3v) is 2.94. The third kappa shape index (κ3) is 2.57. The van der Waals surface area contributed by atoms with Gasteiger partial charge < -0.3 is 10.5 Å². The first-order chi connectivity index (χ1) is 9.02. The smallest absolute Gasteiger partial charge is 0.269 e. The van der Waals surface area contributed by atoms with Crippen molar-refractivity contribution < 1.29 is 4.74 Å². The molecule has 2 aromatic rings. The molecule has 0 fully saturated rings. The van der Waals surface area contributed by atoms with E-state index in [1.807, 2.05) is 13.8 Å². The number of ether oxygens (including phenoxy) is 1. The summed E-state index contributed by atoms with van der Waals surface area (Å²) in [6.45, 7) is 4.13. The SMILES string of the molecule is COc1c(C)cnc(Cn2ncc(N)cc2=O)c1C. The first-order valence-electron chi connectivity index (χ1n) is 5.84. The lowest BCUT2D eigenvalue weighted by molar-refractivity contribution is 0.406. The summed E-state index contributed by atoms with van der Waals surface area (Å²) in [7, 11) is 1.62. The van der Waals surface area contributed by atoms with E-state index in [2.05, 4.69) is 10.1 Å². The molecule has 0 saturated carbocycles. The molecule has 0 aliphatic carbocycles. The van der Waals surface area contributed by atoms with Gasteiger partial charge in [0.2, 0.25) is 0 Å². The van der Waals surface area contributed by atoms with Crippen LogP contribution in [-0.4, -0.2) is 21.9 Å². The average molecular weight is 260 g/mol. The predicted octanol–water partition coefficient (Wildman–Crippen LogP) is 0.894. The molecular weight excluding hydrogens is 244 g/mol. The minimum Gasteiger partial charge on any atom is -0.496 e. The van der Waals surface area contributed by atoms with Crippen LogP contribution in [-0.2, 0) is 6.54 Å². The van der Waals surface area contributed by atoms with Gasteiger partial charge in [0.15, 0.2) is 0 Å². The first-order valence-corrected chi connectivity index (χ1v) is 5.84. The lowest BCUT2D eigenvalue weighted by Crippen LogP contribution is -2.23. The Morgan fingerprint density at radius 3 is 2.74 bits per heavy atom. The topological polar surface area (TPSA) is 83.0 Å². The minimum absolute atomic E-state index is 0.249. The number of nitrogens with two attached hydrogens (primary N) is 1. The molecule has 0 atom stereocenters. The third-order valence-electron chi connectivity index (χ3n) is 2.94. The zero-order valence-corrected chi connectivity index (χ0v) is 11.2. The van der Waals surface area contributed by atoms with Crippen molar-refractivity contribution in [3.8, 4) is 5.75 Å². The second-order valence-corrected chi connectivity index (χ2v) is 4.33. The highest BCUT2D eigenvalue weighted by Crippen LogP contribution is 2.24. The fraction of sp³-hybridized carbons (Fsp3) is 0.308. The van der Waals surface area contributed by atoms with Crippen molar-refractivity contribution >= 4 is 5.69 Å². The van der Waals surface area contributed by atoms with Gasteiger partial charge in [-0.2, -0.15) is 5.10 Å². The molecule has 0 saturated heterocycles. The van der Waals surface area contributed by atoms with E-state index in [0.29, 0.717) is 12.2 Å². The van der Waals surface area contributed by atoms with Gasteiger partial charge in [0.05, 0.1) is 31.2 Å². The number of anilines is 1. The Hall–Kier alpha value is -2.37. The zero-order valence-electron chi connectivity index (χ0n) is 11.2. The van der Waals surface area contributed by atoms with E-state index in [-0.39, 0.29) is 5.56 Å². The molecule has 0 bridgehead atoms. The summed E-state index contributed by atoms with van der Waals surface area (Å²) in [4.78, 5) is 16.1. The van der Waals surface area contributed by atoms with Gasteiger partial charge in [-0.15, -0.1) is 0 Å². The Labute approximate surface area is 110 Å². The highest BCUT2D eigenvalue weighted by atomic mass is 16.5. The Bertz CT molecular complexity index is 664. The maximum atomic E-state index is 11.7. The second kappa shape index (κ2) is 5.09. The van der Waals surface area contributed by atoms with Gasteiger partial charge in [-0.05, 0) is 13.8 Å². The molecule has 19 heavy (non-hydrogen) atoms. The largest absolute Gasteiger partial charge is 0.496 e. The quantitative estimate of drug-likeness (QED) is 0.886. The van der Waals surface area contributed by atoms with Crippen molar-refractivity contribution in [1.29, 1.82) is 0 Å². The lowest BCUT2D eigenvalue weighted by Gasteiger charge is -2.12. The van der Waals surface area contributed by atoms with Crippen LogP contribution in [0.4, 0.5) is 5.69 Å². The van der Waals surface area contributed by atoms with Crippen LogP contribution in [0, 0.1) is 13.8 Å². The van der Waals surface area contributed by atoms with Crippen molar-refractivity contribution in [2.75, 3.05) is 12.8 Å². The van der Waals surface area contributed by atoms with E-state index in [1.165, 1.54) is 16.9 Å². The Morgan fingerprint density at radius 2 is 2.11 bits per heavy atom. The fourth-order valence-electron chi connectivity index (χ4n) is 1.94. The number of nitrogens with zero attached hydrogens (tertiary/aromatic N) is 3. The van der Waals surface area contributed by atoms with E-state index < -0.39 is 0 Å². The monoisotopic (exact) mass is 260 g/mol. The van der Waals surface area contributed by atoms with Crippen LogP contribution in [0.3, 0.4) is 0 Å². The summed E-state index contributed by atoms with van der Waals surface area (Å²) in [6.07, 6.45) is 3.17. The summed E-state index contributed by atoms with van der Waals surface area (Å²) in [5.41, 5.74) is 8.23. The zero-order chi connectivity index (χ0) is 14.0. The van der Waals surface area contributed by atoms with Crippen molar-refractivity contribution in [2.45, 2.75) is 20.4 Å². The Balaban J connectivity index is 2.41. The van der Waals surface area contributed by atoms with Crippen molar-refractivity contribution in [1.82, 2.24) is 14.8 Å². The van der Waals surface area contributed by atoms with Crippen LogP contribution >= 0.6 is 0 Å². The van der Waals surface area contributed by atoms with Gasteiger partial charge in [0.1, 0.15) is 5.75 Å². The van der Waals surface area contributed by atoms with Gasteiger partial charge in [0.25, 0.3) is 5.56 Å². The summed E-state index contributed by atoms with van der Waals surface area (Å²) in [6, 6.07) is 1.34. The van der Waals surface area contributed by atoms with Crippen LogP contribution in [0.2, 0.25) is 0 Å². The Kier molecular flexibility index (Phi) is 3.50. The van der Waals surface area contributed by atoms with Crippen LogP contribution in [0.15, 0.2) is 23.3 Å². The highest BCUT2D eigenvalue weighted by molar-refractivity contribution is 5.41. The molecule has 0 radical (unpaired) electrons. The molecule has 6 heteroatoms. The van der Waals surface area contributed by atoms with Crippen LogP contribution < -0.4 is 16.0 Å². The molecule has 2 rings (SSSR count). The van der Waals surface area contributed by atoms with E-state index in [1.54, 1.807) is 13.3 Å². The average Bonchev–Trinajstić information content (AvgIpc) is 2.36. The standard InChI is InChI=1S/C13H16N4O2/c1-8-5-15-11(9(2)13(8)19-3)7-17-12(18)4-10(14)6-16-17/h4-6H,7,14H2,1-3H3. The molecule has 0 spiro atoms. The summed E-state index contributed by atoms with van der Waals surface area (Å²) in [5, 5.41) is 3.99. The molecule has 0 aliphatic rings. The van der Waals surface area contributed by atoms with Crippen LogP contribution in [0.25, 0.3) is 0 Å². The van der Waals surface area contributed by atoms with Gasteiger partial charge in [-0.25, -0.2) is 4.68 Å². The molecule has 2 heterocycles. The summed E-state index contributed by atoms with van der Waals surface area (Å²) >= 11 is 0. The molecule has 2 aromatic heterocycles.